The maximum atomic E-state index is 13.0. The quantitative estimate of drug-likeness (QED) is 0.443. The molecular formula is C27H39N3O2S. The minimum Gasteiger partial charge on any atom is -0.380 e. The largest absolute Gasteiger partial charge is 0.380 e. The highest BCUT2D eigenvalue weighted by molar-refractivity contribution is 7.89. The van der Waals surface area contributed by atoms with Crippen molar-refractivity contribution in [3.8, 4) is 0 Å². The standard InChI is InChI=1S/C27H39N3O2S/c1-5-21-15-20-11-12-22(16-20)26(21)29-24-14-13-23(33(31,32)30-27(2,3)4)17-25(24)28-18-19-9-7-6-8-10-19/h6-10,13-14,17,20-22,26,28-30H,5,11-12,15-16,18H2,1-4H3. The number of fused-ring (bicyclic) bond motifs is 2. The van der Waals surface area contributed by atoms with Crippen molar-refractivity contribution < 1.29 is 8.42 Å². The molecule has 3 N–H and O–H groups in total. The van der Waals surface area contributed by atoms with Crippen LogP contribution in [0.3, 0.4) is 0 Å². The minimum absolute atomic E-state index is 0.287. The zero-order valence-corrected chi connectivity index (χ0v) is 21.2. The molecule has 2 aliphatic rings. The highest BCUT2D eigenvalue weighted by Gasteiger charge is 2.41. The Balaban J connectivity index is 1.63. The lowest BCUT2D eigenvalue weighted by atomic mass is 9.75. The summed E-state index contributed by atoms with van der Waals surface area (Å²) < 4.78 is 28.8. The van der Waals surface area contributed by atoms with Gasteiger partial charge in [-0.1, -0.05) is 50.1 Å². The number of anilines is 2. The molecule has 2 bridgehead atoms. The fourth-order valence-corrected chi connectivity index (χ4v) is 7.11. The maximum absolute atomic E-state index is 13.0. The lowest BCUT2D eigenvalue weighted by Gasteiger charge is -2.38. The molecule has 4 rings (SSSR count). The summed E-state index contributed by atoms with van der Waals surface area (Å²) >= 11 is 0. The van der Waals surface area contributed by atoms with E-state index in [-0.39, 0.29) is 4.90 Å². The molecule has 4 unspecified atom stereocenters. The number of nitrogens with one attached hydrogen (secondary N) is 3. The Kier molecular flexibility index (Phi) is 7.06. The van der Waals surface area contributed by atoms with E-state index in [4.69, 9.17) is 0 Å². The minimum atomic E-state index is -3.62. The molecule has 180 valence electrons. The summed E-state index contributed by atoms with van der Waals surface area (Å²) in [6.45, 7) is 8.51. The Morgan fingerprint density at radius 3 is 2.42 bits per heavy atom. The van der Waals surface area contributed by atoms with Crippen molar-refractivity contribution in [2.24, 2.45) is 17.8 Å². The first-order valence-corrected chi connectivity index (χ1v) is 13.9. The molecule has 33 heavy (non-hydrogen) atoms. The highest BCUT2D eigenvalue weighted by Crippen LogP contribution is 2.47. The van der Waals surface area contributed by atoms with E-state index in [9.17, 15) is 8.42 Å². The molecule has 2 fully saturated rings. The number of hydrogen-bond donors (Lipinski definition) is 3. The van der Waals surface area contributed by atoms with Gasteiger partial charge in [0.05, 0.1) is 16.3 Å². The van der Waals surface area contributed by atoms with Crippen LogP contribution in [0.2, 0.25) is 0 Å². The van der Waals surface area contributed by atoms with E-state index in [0.717, 1.165) is 22.9 Å². The van der Waals surface area contributed by atoms with Crippen LogP contribution in [0.5, 0.6) is 0 Å². The third-order valence-electron chi connectivity index (χ3n) is 7.15. The van der Waals surface area contributed by atoms with Crippen LogP contribution >= 0.6 is 0 Å². The van der Waals surface area contributed by atoms with Crippen LogP contribution in [0.4, 0.5) is 11.4 Å². The van der Waals surface area contributed by atoms with Crippen LogP contribution in [0.25, 0.3) is 0 Å². The molecule has 2 aromatic rings. The SMILES string of the molecule is CCC1CC2CCC(C2)C1Nc1ccc(S(=O)(=O)NC(C)(C)C)cc1NCc1ccccc1. The molecule has 2 saturated carbocycles. The van der Waals surface area contributed by atoms with E-state index in [0.29, 0.717) is 24.4 Å². The summed E-state index contributed by atoms with van der Waals surface area (Å²) in [6, 6.07) is 16.1. The molecule has 2 aliphatic carbocycles. The molecule has 0 saturated heterocycles. The van der Waals surface area contributed by atoms with Gasteiger partial charge in [-0.05, 0) is 81.5 Å². The zero-order valence-electron chi connectivity index (χ0n) is 20.4. The number of rotatable bonds is 8. The molecule has 2 aromatic carbocycles. The monoisotopic (exact) mass is 469 g/mol. The average molecular weight is 470 g/mol. The molecule has 6 heteroatoms. The highest BCUT2D eigenvalue weighted by atomic mass is 32.2. The summed E-state index contributed by atoms with van der Waals surface area (Å²) in [6.07, 6.45) is 6.46. The Bertz CT molecular complexity index is 1050. The molecule has 5 nitrogen and oxygen atoms in total. The van der Waals surface area contributed by atoms with Gasteiger partial charge in [0, 0.05) is 18.1 Å². The van der Waals surface area contributed by atoms with Crippen molar-refractivity contribution in [1.29, 1.82) is 0 Å². The number of sulfonamides is 1. The second-order valence-corrected chi connectivity index (χ2v) is 12.6. The van der Waals surface area contributed by atoms with Crippen molar-refractivity contribution in [1.82, 2.24) is 4.72 Å². The van der Waals surface area contributed by atoms with E-state index >= 15 is 0 Å². The van der Waals surface area contributed by atoms with Gasteiger partial charge in [-0.2, -0.15) is 0 Å². The van der Waals surface area contributed by atoms with Crippen LogP contribution in [0.15, 0.2) is 53.4 Å². The first-order valence-electron chi connectivity index (χ1n) is 12.4. The fraction of sp³-hybridized carbons (Fsp3) is 0.556. The van der Waals surface area contributed by atoms with Crippen LogP contribution in [-0.2, 0) is 16.6 Å². The predicted octanol–water partition coefficient (Wildman–Crippen LogP) is 6.00. The lowest BCUT2D eigenvalue weighted by molar-refractivity contribution is 0.229. The Labute approximate surface area is 199 Å². The van der Waals surface area contributed by atoms with Crippen molar-refractivity contribution in [3.05, 3.63) is 54.1 Å². The molecule has 0 aliphatic heterocycles. The topological polar surface area (TPSA) is 70.2 Å². The molecule has 0 radical (unpaired) electrons. The van der Waals surface area contributed by atoms with Crippen LogP contribution in [0.1, 0.15) is 65.4 Å². The van der Waals surface area contributed by atoms with E-state index < -0.39 is 15.6 Å². The summed E-state index contributed by atoms with van der Waals surface area (Å²) in [5.74, 6) is 2.27. The summed E-state index contributed by atoms with van der Waals surface area (Å²) in [4.78, 5) is 0.287. The third kappa shape index (κ3) is 5.90. The summed E-state index contributed by atoms with van der Waals surface area (Å²) in [5.41, 5.74) is 2.45. The normalized spacial score (nSPS) is 25.1. The van der Waals surface area contributed by atoms with Gasteiger partial charge < -0.3 is 10.6 Å². The van der Waals surface area contributed by atoms with E-state index in [1.54, 1.807) is 12.1 Å². The number of benzene rings is 2. The molecule has 0 amide bonds. The van der Waals surface area contributed by atoms with Gasteiger partial charge in [-0.25, -0.2) is 13.1 Å². The Hall–Kier alpha value is -2.05. The van der Waals surface area contributed by atoms with E-state index in [2.05, 4.69) is 34.4 Å². The van der Waals surface area contributed by atoms with E-state index in [1.165, 1.54) is 32.1 Å². The smallest absolute Gasteiger partial charge is 0.241 e. The average Bonchev–Trinajstić information content (AvgIpc) is 3.16. The first kappa shape index (κ1) is 24.1. The van der Waals surface area contributed by atoms with Gasteiger partial charge in [0.15, 0.2) is 0 Å². The molecule has 0 aromatic heterocycles. The van der Waals surface area contributed by atoms with Gasteiger partial charge in [-0.15, -0.1) is 0 Å². The second kappa shape index (κ2) is 9.67. The van der Waals surface area contributed by atoms with Gasteiger partial charge in [0.1, 0.15) is 0 Å². The molecular weight excluding hydrogens is 430 g/mol. The van der Waals surface area contributed by atoms with Crippen LogP contribution in [0, 0.1) is 17.8 Å². The van der Waals surface area contributed by atoms with Crippen molar-refractivity contribution in [2.75, 3.05) is 10.6 Å². The fourth-order valence-electron chi connectivity index (χ4n) is 5.67. The van der Waals surface area contributed by atoms with Crippen LogP contribution in [-0.4, -0.2) is 20.0 Å². The lowest BCUT2D eigenvalue weighted by Crippen LogP contribution is -2.40. The Morgan fingerprint density at radius 1 is 0.970 bits per heavy atom. The van der Waals surface area contributed by atoms with Crippen molar-refractivity contribution in [2.45, 2.75) is 82.8 Å². The van der Waals surface area contributed by atoms with Crippen molar-refractivity contribution >= 4 is 21.4 Å². The van der Waals surface area contributed by atoms with Gasteiger partial charge in [-0.3, -0.25) is 0 Å². The zero-order chi connectivity index (χ0) is 23.6. The Morgan fingerprint density at radius 2 is 1.73 bits per heavy atom. The molecule has 0 spiro atoms. The molecule has 4 atom stereocenters. The van der Waals surface area contributed by atoms with Crippen molar-refractivity contribution in [3.63, 3.8) is 0 Å². The van der Waals surface area contributed by atoms with Gasteiger partial charge in [0.25, 0.3) is 0 Å². The number of hydrogen-bond acceptors (Lipinski definition) is 4. The maximum Gasteiger partial charge on any atom is 0.241 e. The summed E-state index contributed by atoms with van der Waals surface area (Å²) in [7, 11) is -3.62. The van der Waals surface area contributed by atoms with E-state index in [1.807, 2.05) is 45.0 Å². The first-order chi connectivity index (χ1) is 15.6. The molecule has 0 heterocycles. The predicted molar refractivity (Wildman–Crippen MR) is 137 cm³/mol. The van der Waals surface area contributed by atoms with Crippen LogP contribution < -0.4 is 15.4 Å². The second-order valence-electron chi connectivity index (χ2n) is 10.9. The van der Waals surface area contributed by atoms with Gasteiger partial charge >= 0.3 is 0 Å². The third-order valence-corrected chi connectivity index (χ3v) is 8.90. The van der Waals surface area contributed by atoms with Gasteiger partial charge in [0.2, 0.25) is 10.0 Å². The summed E-state index contributed by atoms with van der Waals surface area (Å²) in [5, 5.41) is 7.38.